The molecule has 0 bridgehead atoms. The summed E-state index contributed by atoms with van der Waals surface area (Å²) in [6.07, 6.45) is 60.4. The highest BCUT2D eigenvalue weighted by Gasteiger charge is 2.17. The van der Waals surface area contributed by atoms with Gasteiger partial charge in [-0.3, -0.25) is 4.79 Å². The van der Waals surface area contributed by atoms with Crippen LogP contribution < -0.4 is 5.32 Å². The second kappa shape index (κ2) is 43.5. The third-order valence-corrected chi connectivity index (χ3v) is 9.97. The van der Waals surface area contributed by atoms with E-state index in [9.17, 15) is 15.0 Å². The van der Waals surface area contributed by atoms with Crippen molar-refractivity contribution in [2.75, 3.05) is 6.61 Å². The van der Waals surface area contributed by atoms with Gasteiger partial charge in [0, 0.05) is 6.42 Å². The molecule has 0 saturated carbocycles. The lowest BCUT2D eigenvalue weighted by Crippen LogP contribution is -2.45. The van der Waals surface area contributed by atoms with E-state index in [0.717, 1.165) is 57.8 Å². The van der Waals surface area contributed by atoms with Crippen LogP contribution in [0.2, 0.25) is 0 Å². The topological polar surface area (TPSA) is 69.6 Å². The molecule has 1 amide bonds. The van der Waals surface area contributed by atoms with Crippen molar-refractivity contribution >= 4 is 5.91 Å². The SMILES string of the molecule is CCCCC/C=C\C/C=C\C/C=C\CCCCCCCCC(=O)NC(CO)C(O)/C=C/CC/C=C/CCCCCCCCCCCCCCCCC. The summed E-state index contributed by atoms with van der Waals surface area (Å²) in [5.41, 5.74) is 0. The fraction of sp³-hybridized carbons (Fsp3) is 0.771. The molecule has 0 aliphatic rings. The minimum atomic E-state index is -0.870. The zero-order valence-corrected chi connectivity index (χ0v) is 34.6. The minimum absolute atomic E-state index is 0.0876. The van der Waals surface area contributed by atoms with Crippen LogP contribution >= 0.6 is 0 Å². The Hall–Kier alpha value is -1.91. The van der Waals surface area contributed by atoms with E-state index in [-0.39, 0.29) is 12.5 Å². The number of nitrogens with one attached hydrogen (secondary N) is 1. The molecule has 0 radical (unpaired) electrons. The Morgan fingerprint density at radius 2 is 0.808 bits per heavy atom. The van der Waals surface area contributed by atoms with Gasteiger partial charge < -0.3 is 15.5 Å². The average Bonchev–Trinajstić information content (AvgIpc) is 3.15. The van der Waals surface area contributed by atoms with Crippen molar-refractivity contribution in [3.05, 3.63) is 60.8 Å². The van der Waals surface area contributed by atoms with E-state index in [2.05, 4.69) is 67.8 Å². The zero-order valence-electron chi connectivity index (χ0n) is 34.6. The molecule has 0 spiro atoms. The highest BCUT2D eigenvalue weighted by Crippen LogP contribution is 2.14. The van der Waals surface area contributed by atoms with E-state index in [1.54, 1.807) is 6.08 Å². The summed E-state index contributed by atoms with van der Waals surface area (Å²) in [4.78, 5) is 12.4. The molecule has 4 nitrogen and oxygen atoms in total. The Balaban J connectivity index is 3.65. The Morgan fingerprint density at radius 1 is 0.462 bits per heavy atom. The lowest BCUT2D eigenvalue weighted by molar-refractivity contribution is -0.123. The van der Waals surface area contributed by atoms with Gasteiger partial charge in [0.25, 0.3) is 0 Å². The highest BCUT2D eigenvalue weighted by atomic mass is 16.3. The maximum Gasteiger partial charge on any atom is 0.220 e. The fourth-order valence-corrected chi connectivity index (χ4v) is 6.49. The van der Waals surface area contributed by atoms with E-state index in [4.69, 9.17) is 0 Å². The quantitative estimate of drug-likeness (QED) is 0.0435. The molecule has 0 aliphatic carbocycles. The van der Waals surface area contributed by atoms with Crippen LogP contribution in [0.25, 0.3) is 0 Å². The van der Waals surface area contributed by atoms with Gasteiger partial charge in [-0.1, -0.05) is 203 Å². The van der Waals surface area contributed by atoms with Gasteiger partial charge in [-0.2, -0.15) is 0 Å². The van der Waals surface area contributed by atoms with Gasteiger partial charge in [0.05, 0.1) is 18.8 Å². The summed E-state index contributed by atoms with van der Waals surface area (Å²) < 4.78 is 0. The maximum atomic E-state index is 12.4. The molecule has 52 heavy (non-hydrogen) atoms. The molecule has 4 heteroatoms. The highest BCUT2D eigenvalue weighted by molar-refractivity contribution is 5.76. The van der Waals surface area contributed by atoms with Crippen LogP contribution in [-0.2, 0) is 4.79 Å². The van der Waals surface area contributed by atoms with Crippen molar-refractivity contribution in [1.29, 1.82) is 0 Å². The molecule has 0 aromatic rings. The lowest BCUT2D eigenvalue weighted by Gasteiger charge is -2.19. The van der Waals surface area contributed by atoms with Gasteiger partial charge in [0.2, 0.25) is 5.91 Å². The van der Waals surface area contributed by atoms with Gasteiger partial charge in [-0.25, -0.2) is 0 Å². The molecular weight excluding hydrogens is 639 g/mol. The van der Waals surface area contributed by atoms with E-state index < -0.39 is 12.1 Å². The minimum Gasteiger partial charge on any atom is -0.394 e. The Morgan fingerprint density at radius 3 is 1.29 bits per heavy atom. The summed E-state index contributed by atoms with van der Waals surface area (Å²) in [6.45, 7) is 4.27. The molecule has 0 aromatic heterocycles. The van der Waals surface area contributed by atoms with E-state index in [0.29, 0.717) is 6.42 Å². The van der Waals surface area contributed by atoms with Crippen LogP contribution in [0.1, 0.15) is 219 Å². The first kappa shape index (κ1) is 50.1. The Bertz CT molecular complexity index is 873. The molecule has 0 aromatic carbocycles. The molecule has 0 saturated heterocycles. The number of rotatable bonds is 40. The van der Waals surface area contributed by atoms with Gasteiger partial charge in [-0.15, -0.1) is 0 Å². The Kier molecular flexibility index (Phi) is 41.9. The predicted octanol–water partition coefficient (Wildman–Crippen LogP) is 14.1. The van der Waals surface area contributed by atoms with Crippen LogP contribution in [0.15, 0.2) is 60.8 Å². The van der Waals surface area contributed by atoms with Gasteiger partial charge in [-0.05, 0) is 70.6 Å². The maximum absolute atomic E-state index is 12.4. The number of carbonyl (C=O) groups is 1. The number of hydrogen-bond acceptors (Lipinski definition) is 3. The molecule has 302 valence electrons. The first-order chi connectivity index (χ1) is 25.7. The second-order valence-electron chi connectivity index (χ2n) is 15.1. The summed E-state index contributed by atoms with van der Waals surface area (Å²) in [7, 11) is 0. The third kappa shape index (κ3) is 39.3. The summed E-state index contributed by atoms with van der Waals surface area (Å²) >= 11 is 0. The molecule has 0 fully saturated rings. The van der Waals surface area contributed by atoms with Crippen LogP contribution in [0, 0.1) is 0 Å². The summed E-state index contributed by atoms with van der Waals surface area (Å²) in [5, 5.41) is 23.0. The van der Waals surface area contributed by atoms with Crippen LogP contribution in [0.3, 0.4) is 0 Å². The van der Waals surface area contributed by atoms with E-state index in [1.165, 1.54) is 141 Å². The van der Waals surface area contributed by atoms with Crippen LogP contribution in [-0.4, -0.2) is 34.9 Å². The molecular formula is C48H87NO3. The largest absolute Gasteiger partial charge is 0.394 e. The summed E-state index contributed by atoms with van der Waals surface area (Å²) in [5.74, 6) is -0.0876. The van der Waals surface area contributed by atoms with Crippen molar-refractivity contribution < 1.29 is 15.0 Å². The molecule has 2 unspecified atom stereocenters. The molecule has 0 rings (SSSR count). The van der Waals surface area contributed by atoms with Crippen molar-refractivity contribution in [2.24, 2.45) is 0 Å². The number of aliphatic hydroxyl groups is 2. The predicted molar refractivity (Wildman–Crippen MR) is 230 cm³/mol. The number of amides is 1. The smallest absolute Gasteiger partial charge is 0.220 e. The normalized spacial score (nSPS) is 13.5. The molecule has 0 aliphatic heterocycles. The number of carbonyl (C=O) groups excluding carboxylic acids is 1. The summed E-state index contributed by atoms with van der Waals surface area (Å²) in [6, 6.07) is -0.648. The molecule has 3 N–H and O–H groups in total. The Labute approximate surface area is 324 Å². The van der Waals surface area contributed by atoms with Crippen molar-refractivity contribution in [1.82, 2.24) is 5.32 Å². The van der Waals surface area contributed by atoms with Gasteiger partial charge in [0.1, 0.15) is 0 Å². The number of unbranched alkanes of at least 4 members (excludes halogenated alkanes) is 25. The standard InChI is InChI=1S/C48H87NO3/c1-3-5-7-9-11-13-15-17-19-21-23-24-26-27-29-31-33-35-37-39-41-43-47(51)46(45-50)49-48(52)44-42-40-38-36-34-32-30-28-25-22-20-18-16-14-12-10-8-6-4-2/h12,14,18,20,25,28,33,35,41,43,46-47,50-51H,3-11,13,15-17,19,21-24,26-27,29-32,34,36-40,42,44-45H2,1-2H3,(H,49,52)/b14-12-,20-18-,28-25-,35-33+,43-41+. The molecule has 2 atom stereocenters. The van der Waals surface area contributed by atoms with Gasteiger partial charge >= 0.3 is 0 Å². The third-order valence-electron chi connectivity index (χ3n) is 9.97. The zero-order chi connectivity index (χ0) is 37.8. The van der Waals surface area contributed by atoms with Crippen molar-refractivity contribution in [3.63, 3.8) is 0 Å². The number of aliphatic hydroxyl groups excluding tert-OH is 2. The second-order valence-corrected chi connectivity index (χ2v) is 15.1. The van der Waals surface area contributed by atoms with Crippen LogP contribution in [0.4, 0.5) is 0 Å². The monoisotopic (exact) mass is 726 g/mol. The molecule has 0 heterocycles. The van der Waals surface area contributed by atoms with Crippen molar-refractivity contribution in [2.45, 2.75) is 231 Å². The lowest BCUT2D eigenvalue weighted by atomic mass is 10.0. The first-order valence-corrected chi connectivity index (χ1v) is 22.5. The number of allylic oxidation sites excluding steroid dienone is 9. The first-order valence-electron chi connectivity index (χ1n) is 22.5. The number of hydrogen-bond donors (Lipinski definition) is 3. The van der Waals surface area contributed by atoms with E-state index in [1.807, 2.05) is 6.08 Å². The van der Waals surface area contributed by atoms with Crippen molar-refractivity contribution in [3.8, 4) is 0 Å². The van der Waals surface area contributed by atoms with Crippen LogP contribution in [0.5, 0.6) is 0 Å². The fourth-order valence-electron chi connectivity index (χ4n) is 6.49. The van der Waals surface area contributed by atoms with Gasteiger partial charge in [0.15, 0.2) is 0 Å². The average molecular weight is 726 g/mol. The van der Waals surface area contributed by atoms with E-state index >= 15 is 0 Å².